The summed E-state index contributed by atoms with van der Waals surface area (Å²) in [5, 5.41) is 8.25. The maximum Gasteiger partial charge on any atom is 0.308 e. The highest BCUT2D eigenvalue weighted by Gasteiger charge is 2.18. The van der Waals surface area contributed by atoms with Crippen LogP contribution in [0.5, 0.6) is 0 Å². The monoisotopic (exact) mass is 180 g/mol. The molecule has 1 aromatic rings. The van der Waals surface area contributed by atoms with Crippen molar-refractivity contribution in [2.75, 3.05) is 0 Å². The van der Waals surface area contributed by atoms with Gasteiger partial charge in [-0.15, -0.1) is 0 Å². The maximum absolute atomic E-state index is 10.0. The molecule has 0 heterocycles. The Labute approximate surface area is 79.2 Å². The SMILES string of the molecule is CC(C)(C)C(=O)O.c1ccccc1. The zero-order valence-electron chi connectivity index (χ0n) is 8.32. The minimum Gasteiger partial charge on any atom is -0.481 e. The lowest BCUT2D eigenvalue weighted by atomic mass is 9.98. The molecule has 0 unspecified atom stereocenters. The average molecular weight is 180 g/mol. The van der Waals surface area contributed by atoms with Gasteiger partial charge in [-0.25, -0.2) is 0 Å². The number of carboxylic acid groups (broad SMARTS) is 1. The van der Waals surface area contributed by atoms with Gasteiger partial charge in [-0.1, -0.05) is 36.4 Å². The number of aliphatic carboxylic acids is 1. The molecular weight excluding hydrogens is 164 g/mol. The molecule has 0 radical (unpaired) electrons. The van der Waals surface area contributed by atoms with Crippen LogP contribution >= 0.6 is 0 Å². The molecule has 0 saturated carbocycles. The molecule has 0 fully saturated rings. The van der Waals surface area contributed by atoms with Crippen molar-refractivity contribution in [1.29, 1.82) is 0 Å². The second kappa shape index (κ2) is 5.36. The quantitative estimate of drug-likeness (QED) is 0.666. The van der Waals surface area contributed by atoms with Crippen molar-refractivity contribution in [2.24, 2.45) is 5.41 Å². The van der Waals surface area contributed by atoms with Gasteiger partial charge in [0, 0.05) is 0 Å². The summed E-state index contributed by atoms with van der Waals surface area (Å²) in [4.78, 5) is 10.0. The van der Waals surface area contributed by atoms with Crippen molar-refractivity contribution < 1.29 is 9.90 Å². The maximum atomic E-state index is 10.0. The Morgan fingerprint density at radius 1 is 0.923 bits per heavy atom. The van der Waals surface area contributed by atoms with Gasteiger partial charge >= 0.3 is 5.97 Å². The van der Waals surface area contributed by atoms with E-state index in [0.717, 1.165) is 0 Å². The van der Waals surface area contributed by atoms with Crippen LogP contribution in [0.1, 0.15) is 20.8 Å². The van der Waals surface area contributed by atoms with E-state index in [0.29, 0.717) is 0 Å². The molecule has 2 heteroatoms. The Morgan fingerprint density at radius 2 is 1.08 bits per heavy atom. The van der Waals surface area contributed by atoms with E-state index in [1.54, 1.807) is 20.8 Å². The average Bonchev–Trinajstić information content (AvgIpc) is 2.07. The highest BCUT2D eigenvalue weighted by atomic mass is 16.4. The summed E-state index contributed by atoms with van der Waals surface area (Å²) in [6.07, 6.45) is 0. The molecule has 0 atom stereocenters. The Bertz CT molecular complexity index is 207. The number of hydrogen-bond donors (Lipinski definition) is 1. The lowest BCUT2D eigenvalue weighted by Gasteiger charge is -2.08. The second-order valence-corrected chi connectivity index (χ2v) is 3.71. The molecule has 2 nitrogen and oxygen atoms in total. The van der Waals surface area contributed by atoms with Gasteiger partial charge < -0.3 is 5.11 Å². The lowest BCUT2D eigenvalue weighted by molar-refractivity contribution is -0.145. The van der Waals surface area contributed by atoms with E-state index < -0.39 is 11.4 Å². The standard InChI is InChI=1S/C6H6.C5H10O2/c1-2-4-6-5-3-1;1-5(2,3)4(6)7/h1-6H;1-3H3,(H,6,7). The Balaban J connectivity index is 0.000000223. The summed E-state index contributed by atoms with van der Waals surface area (Å²) >= 11 is 0. The fraction of sp³-hybridized carbons (Fsp3) is 0.364. The summed E-state index contributed by atoms with van der Waals surface area (Å²) in [6, 6.07) is 12.0. The van der Waals surface area contributed by atoms with Crippen LogP contribution in [0, 0.1) is 5.41 Å². The molecule has 0 saturated heterocycles. The zero-order chi connectivity index (χ0) is 10.3. The molecule has 1 N–H and O–H groups in total. The Morgan fingerprint density at radius 3 is 1.15 bits per heavy atom. The highest BCUT2D eigenvalue weighted by Crippen LogP contribution is 2.11. The summed E-state index contributed by atoms with van der Waals surface area (Å²) in [7, 11) is 0. The van der Waals surface area contributed by atoms with Crippen LogP contribution in [0.2, 0.25) is 0 Å². The van der Waals surface area contributed by atoms with Crippen LogP contribution in [0.3, 0.4) is 0 Å². The summed E-state index contributed by atoms with van der Waals surface area (Å²) < 4.78 is 0. The van der Waals surface area contributed by atoms with E-state index in [4.69, 9.17) is 5.11 Å². The smallest absolute Gasteiger partial charge is 0.308 e. The molecule has 13 heavy (non-hydrogen) atoms. The van der Waals surface area contributed by atoms with Gasteiger partial charge in [0.15, 0.2) is 0 Å². The van der Waals surface area contributed by atoms with Gasteiger partial charge in [0.1, 0.15) is 0 Å². The fourth-order valence-electron chi connectivity index (χ4n) is 0.385. The molecule has 0 aromatic heterocycles. The molecule has 0 bridgehead atoms. The van der Waals surface area contributed by atoms with Crippen molar-refractivity contribution in [3.63, 3.8) is 0 Å². The van der Waals surface area contributed by atoms with Crippen molar-refractivity contribution >= 4 is 5.97 Å². The van der Waals surface area contributed by atoms with Crippen molar-refractivity contribution in [1.82, 2.24) is 0 Å². The predicted octanol–water partition coefficient (Wildman–Crippen LogP) is 2.80. The van der Waals surface area contributed by atoms with Crippen LogP contribution in [-0.4, -0.2) is 11.1 Å². The molecule has 0 aliphatic carbocycles. The minimum absolute atomic E-state index is 0.583. The zero-order valence-corrected chi connectivity index (χ0v) is 8.32. The van der Waals surface area contributed by atoms with E-state index in [9.17, 15) is 4.79 Å². The lowest BCUT2D eigenvalue weighted by Crippen LogP contribution is -2.18. The van der Waals surface area contributed by atoms with Crippen LogP contribution in [0.4, 0.5) is 0 Å². The van der Waals surface area contributed by atoms with E-state index in [2.05, 4.69) is 0 Å². The number of carboxylic acids is 1. The minimum atomic E-state index is -0.757. The molecule has 0 aliphatic heterocycles. The molecule has 1 aromatic carbocycles. The topological polar surface area (TPSA) is 37.3 Å². The van der Waals surface area contributed by atoms with Gasteiger partial charge in [-0.3, -0.25) is 4.79 Å². The number of benzene rings is 1. The molecular formula is C11H16O2. The molecule has 72 valence electrons. The van der Waals surface area contributed by atoms with Gasteiger partial charge in [0.05, 0.1) is 5.41 Å². The molecule has 1 rings (SSSR count). The third-order valence-electron chi connectivity index (χ3n) is 1.31. The summed E-state index contributed by atoms with van der Waals surface area (Å²) in [5.41, 5.74) is -0.583. The van der Waals surface area contributed by atoms with E-state index in [1.807, 2.05) is 36.4 Å². The van der Waals surface area contributed by atoms with E-state index in [-0.39, 0.29) is 0 Å². The van der Waals surface area contributed by atoms with Crippen molar-refractivity contribution in [2.45, 2.75) is 20.8 Å². The normalized spacial score (nSPS) is 9.77. The van der Waals surface area contributed by atoms with Gasteiger partial charge in [0.25, 0.3) is 0 Å². The van der Waals surface area contributed by atoms with Crippen LogP contribution < -0.4 is 0 Å². The number of carbonyl (C=O) groups is 1. The van der Waals surface area contributed by atoms with Gasteiger partial charge in [-0.2, -0.15) is 0 Å². The van der Waals surface area contributed by atoms with Crippen molar-refractivity contribution in [3.05, 3.63) is 36.4 Å². The molecule has 0 spiro atoms. The van der Waals surface area contributed by atoms with Crippen LogP contribution in [0.15, 0.2) is 36.4 Å². The largest absolute Gasteiger partial charge is 0.481 e. The van der Waals surface area contributed by atoms with E-state index in [1.165, 1.54) is 0 Å². The second-order valence-electron chi connectivity index (χ2n) is 3.71. The first-order chi connectivity index (χ1) is 5.94. The molecule has 0 amide bonds. The summed E-state index contributed by atoms with van der Waals surface area (Å²) in [6.45, 7) is 4.99. The van der Waals surface area contributed by atoms with E-state index >= 15 is 0 Å². The third-order valence-corrected chi connectivity index (χ3v) is 1.31. The predicted molar refractivity (Wildman–Crippen MR) is 53.5 cm³/mol. The first kappa shape index (κ1) is 11.7. The van der Waals surface area contributed by atoms with Gasteiger partial charge in [0.2, 0.25) is 0 Å². The number of rotatable bonds is 0. The van der Waals surface area contributed by atoms with Crippen molar-refractivity contribution in [3.8, 4) is 0 Å². The number of hydrogen-bond acceptors (Lipinski definition) is 1. The first-order valence-corrected chi connectivity index (χ1v) is 4.18. The Hall–Kier alpha value is -1.31. The van der Waals surface area contributed by atoms with Gasteiger partial charge in [-0.05, 0) is 20.8 Å². The Kier molecular flexibility index (Phi) is 4.82. The molecule has 0 aliphatic rings. The van der Waals surface area contributed by atoms with Crippen LogP contribution in [-0.2, 0) is 4.79 Å². The third kappa shape index (κ3) is 7.06. The van der Waals surface area contributed by atoms with Crippen LogP contribution in [0.25, 0.3) is 0 Å². The summed E-state index contributed by atoms with van der Waals surface area (Å²) in [5.74, 6) is -0.757. The first-order valence-electron chi connectivity index (χ1n) is 4.18. The highest BCUT2D eigenvalue weighted by molar-refractivity contribution is 5.72. The fourth-order valence-corrected chi connectivity index (χ4v) is 0.385.